The Kier molecular flexibility index (Phi) is 8.23. The summed E-state index contributed by atoms with van der Waals surface area (Å²) in [5.41, 5.74) is 1.08. The van der Waals surface area contributed by atoms with E-state index in [0.29, 0.717) is 17.3 Å². The zero-order valence-corrected chi connectivity index (χ0v) is 13.8. The number of thioether (sulfide) groups is 1. The molecule has 0 spiro atoms. The molecule has 0 heterocycles. The first-order valence-corrected chi connectivity index (χ1v) is 8.29. The average molecular weight is 330 g/mol. The van der Waals surface area contributed by atoms with Crippen LogP contribution in [0, 0.1) is 0 Å². The van der Waals surface area contributed by atoms with E-state index in [9.17, 15) is 9.59 Å². The van der Waals surface area contributed by atoms with Crippen molar-refractivity contribution in [3.05, 3.63) is 34.9 Å². The molecule has 0 fully saturated rings. The first-order chi connectivity index (χ1) is 9.97. The minimum absolute atomic E-state index is 0.0839. The van der Waals surface area contributed by atoms with Gasteiger partial charge in [-0.1, -0.05) is 23.7 Å². The number of nitrogens with one attached hydrogen (secondary N) is 1. The summed E-state index contributed by atoms with van der Waals surface area (Å²) in [6, 6.07) is 7.56. The van der Waals surface area contributed by atoms with E-state index in [1.807, 2.05) is 24.3 Å². The second-order valence-electron chi connectivity index (χ2n) is 4.76. The molecular weight excluding hydrogens is 310 g/mol. The van der Waals surface area contributed by atoms with Crippen molar-refractivity contribution in [3.8, 4) is 0 Å². The fourth-order valence-corrected chi connectivity index (χ4v) is 2.58. The Morgan fingerprint density at radius 3 is 2.81 bits per heavy atom. The molecular formula is C15H20ClNO3S. The molecule has 0 radical (unpaired) electrons. The van der Waals surface area contributed by atoms with Crippen molar-refractivity contribution in [2.45, 2.75) is 32.1 Å². The van der Waals surface area contributed by atoms with E-state index in [2.05, 4.69) is 5.32 Å². The van der Waals surface area contributed by atoms with Gasteiger partial charge in [0.15, 0.2) is 0 Å². The Morgan fingerprint density at radius 1 is 1.38 bits per heavy atom. The molecule has 1 amide bonds. The van der Waals surface area contributed by atoms with Gasteiger partial charge in [-0.25, -0.2) is 0 Å². The number of benzene rings is 1. The molecule has 0 atom stereocenters. The van der Waals surface area contributed by atoms with Crippen molar-refractivity contribution < 1.29 is 14.3 Å². The summed E-state index contributed by atoms with van der Waals surface area (Å²) in [7, 11) is 0. The molecule has 0 saturated carbocycles. The van der Waals surface area contributed by atoms with E-state index in [4.69, 9.17) is 16.3 Å². The highest BCUT2D eigenvalue weighted by Gasteiger charge is 2.07. The number of carbonyl (C=O) groups is 2. The van der Waals surface area contributed by atoms with Gasteiger partial charge in [0, 0.05) is 17.3 Å². The summed E-state index contributed by atoms with van der Waals surface area (Å²) in [6.45, 7) is 3.90. The Labute approximate surface area is 134 Å². The van der Waals surface area contributed by atoms with Crippen molar-refractivity contribution in [3.63, 3.8) is 0 Å². The third-order valence-corrected chi connectivity index (χ3v) is 3.65. The molecule has 0 aliphatic rings. The fraction of sp³-hybridized carbons (Fsp3) is 0.467. The van der Waals surface area contributed by atoms with Gasteiger partial charge in [0.25, 0.3) is 0 Å². The van der Waals surface area contributed by atoms with Gasteiger partial charge in [-0.15, -0.1) is 11.8 Å². The SMILES string of the molecule is CC(C)OC(=O)CCNC(=O)CSCc1cccc(Cl)c1. The van der Waals surface area contributed by atoms with Gasteiger partial charge in [0.05, 0.1) is 18.3 Å². The van der Waals surface area contributed by atoms with Crippen LogP contribution in [0.25, 0.3) is 0 Å². The van der Waals surface area contributed by atoms with Crippen molar-refractivity contribution >= 4 is 35.2 Å². The van der Waals surface area contributed by atoms with Crippen LogP contribution in [0.5, 0.6) is 0 Å². The van der Waals surface area contributed by atoms with E-state index in [-0.39, 0.29) is 24.4 Å². The van der Waals surface area contributed by atoms with E-state index < -0.39 is 0 Å². The molecule has 21 heavy (non-hydrogen) atoms. The van der Waals surface area contributed by atoms with Gasteiger partial charge in [0.2, 0.25) is 5.91 Å². The number of rotatable bonds is 8. The van der Waals surface area contributed by atoms with Crippen LogP contribution in [-0.4, -0.2) is 30.3 Å². The molecule has 0 bridgehead atoms. The molecule has 1 N–H and O–H groups in total. The number of amides is 1. The highest BCUT2D eigenvalue weighted by atomic mass is 35.5. The maximum Gasteiger partial charge on any atom is 0.307 e. The number of ether oxygens (including phenoxy) is 1. The van der Waals surface area contributed by atoms with E-state index in [1.54, 1.807) is 13.8 Å². The largest absolute Gasteiger partial charge is 0.463 e. The molecule has 1 aromatic carbocycles. The molecule has 1 aromatic rings. The molecule has 4 nitrogen and oxygen atoms in total. The molecule has 1 rings (SSSR count). The average Bonchev–Trinajstić information content (AvgIpc) is 2.37. The van der Waals surface area contributed by atoms with Gasteiger partial charge in [-0.2, -0.15) is 0 Å². The van der Waals surface area contributed by atoms with Crippen LogP contribution >= 0.6 is 23.4 Å². The molecule has 0 saturated heterocycles. The van der Waals surface area contributed by atoms with Crippen molar-refractivity contribution in [2.75, 3.05) is 12.3 Å². The van der Waals surface area contributed by atoms with Crippen molar-refractivity contribution in [2.24, 2.45) is 0 Å². The number of carbonyl (C=O) groups excluding carboxylic acids is 2. The van der Waals surface area contributed by atoms with Gasteiger partial charge >= 0.3 is 5.97 Å². The quantitative estimate of drug-likeness (QED) is 0.745. The first-order valence-electron chi connectivity index (χ1n) is 6.75. The van der Waals surface area contributed by atoms with Crippen LogP contribution in [0.15, 0.2) is 24.3 Å². The van der Waals surface area contributed by atoms with Crippen LogP contribution in [0.1, 0.15) is 25.8 Å². The number of hydrogen-bond acceptors (Lipinski definition) is 4. The molecule has 6 heteroatoms. The molecule has 0 aliphatic carbocycles. The predicted octanol–water partition coefficient (Wildman–Crippen LogP) is 3.03. The van der Waals surface area contributed by atoms with Gasteiger partial charge in [-0.05, 0) is 31.5 Å². The van der Waals surface area contributed by atoms with Gasteiger partial charge in [-0.3, -0.25) is 9.59 Å². The predicted molar refractivity (Wildman–Crippen MR) is 86.5 cm³/mol. The minimum atomic E-state index is -0.295. The topological polar surface area (TPSA) is 55.4 Å². The Hall–Kier alpha value is -1.20. The third kappa shape index (κ3) is 8.63. The zero-order valence-electron chi connectivity index (χ0n) is 12.2. The molecule has 0 aromatic heterocycles. The lowest BCUT2D eigenvalue weighted by atomic mass is 10.2. The second-order valence-corrected chi connectivity index (χ2v) is 6.18. The summed E-state index contributed by atoms with van der Waals surface area (Å²) < 4.78 is 4.97. The lowest BCUT2D eigenvalue weighted by Crippen LogP contribution is -2.28. The van der Waals surface area contributed by atoms with Crippen molar-refractivity contribution in [1.82, 2.24) is 5.32 Å². The standard InChI is InChI=1S/C15H20ClNO3S/c1-11(2)20-15(19)6-7-17-14(18)10-21-9-12-4-3-5-13(16)8-12/h3-5,8,11H,6-7,9-10H2,1-2H3,(H,17,18). The molecule has 116 valence electrons. The van der Waals surface area contributed by atoms with E-state index in [1.165, 1.54) is 11.8 Å². The van der Waals surface area contributed by atoms with E-state index in [0.717, 1.165) is 11.3 Å². The van der Waals surface area contributed by atoms with Crippen LogP contribution < -0.4 is 5.32 Å². The molecule has 0 aliphatic heterocycles. The lowest BCUT2D eigenvalue weighted by Gasteiger charge is -2.08. The summed E-state index contributed by atoms with van der Waals surface area (Å²) in [5, 5.41) is 3.39. The number of hydrogen-bond donors (Lipinski definition) is 1. The molecule has 0 unspecified atom stereocenters. The minimum Gasteiger partial charge on any atom is -0.463 e. The smallest absolute Gasteiger partial charge is 0.307 e. The Balaban J connectivity index is 2.13. The van der Waals surface area contributed by atoms with Crippen LogP contribution in [0.4, 0.5) is 0 Å². The number of esters is 1. The maximum atomic E-state index is 11.6. The van der Waals surface area contributed by atoms with Crippen LogP contribution in [-0.2, 0) is 20.1 Å². The highest BCUT2D eigenvalue weighted by molar-refractivity contribution is 7.99. The normalized spacial score (nSPS) is 10.5. The third-order valence-electron chi connectivity index (χ3n) is 2.41. The second kappa shape index (κ2) is 9.68. The number of halogens is 1. The Bertz CT molecular complexity index is 480. The lowest BCUT2D eigenvalue weighted by molar-refractivity contribution is -0.147. The zero-order chi connectivity index (χ0) is 15.7. The van der Waals surface area contributed by atoms with Crippen molar-refractivity contribution in [1.29, 1.82) is 0 Å². The summed E-state index contributed by atoms with van der Waals surface area (Å²) in [6.07, 6.45) is 0.0736. The summed E-state index contributed by atoms with van der Waals surface area (Å²) in [4.78, 5) is 22.9. The maximum absolute atomic E-state index is 11.6. The monoisotopic (exact) mass is 329 g/mol. The van der Waals surface area contributed by atoms with Gasteiger partial charge < -0.3 is 10.1 Å². The van der Waals surface area contributed by atoms with Gasteiger partial charge in [0.1, 0.15) is 0 Å². The van der Waals surface area contributed by atoms with Crippen LogP contribution in [0.2, 0.25) is 5.02 Å². The summed E-state index contributed by atoms with van der Waals surface area (Å²) in [5.74, 6) is 0.700. The fourth-order valence-electron chi connectivity index (χ4n) is 1.57. The first kappa shape index (κ1) is 17.9. The Morgan fingerprint density at radius 2 is 2.14 bits per heavy atom. The van der Waals surface area contributed by atoms with E-state index >= 15 is 0 Å². The van der Waals surface area contributed by atoms with Crippen LogP contribution in [0.3, 0.4) is 0 Å². The highest BCUT2D eigenvalue weighted by Crippen LogP contribution is 2.16. The summed E-state index contributed by atoms with van der Waals surface area (Å²) >= 11 is 7.39.